The van der Waals surface area contributed by atoms with Crippen molar-refractivity contribution in [2.45, 2.75) is 19.8 Å². The zero-order valence-electron chi connectivity index (χ0n) is 15.0. The van der Waals surface area contributed by atoms with Crippen LogP contribution in [0, 0.1) is 0 Å². The number of anilines is 3. The number of aryl methyl sites for hydroxylation is 1. The van der Waals surface area contributed by atoms with E-state index in [-0.39, 0.29) is 0 Å². The summed E-state index contributed by atoms with van der Waals surface area (Å²) in [5, 5.41) is 6.64. The molecule has 0 aliphatic rings. The van der Waals surface area contributed by atoms with Gasteiger partial charge >= 0.3 is 0 Å². The molecule has 0 unspecified atom stereocenters. The molecule has 0 fully saturated rings. The topological polar surface area (TPSA) is 59.1 Å². The Hall–Kier alpha value is -3.08. The lowest BCUT2D eigenvalue weighted by Crippen LogP contribution is -2.05. The molecule has 1 aromatic heterocycles. The van der Waals surface area contributed by atoms with Crippen LogP contribution < -0.4 is 15.4 Å². The zero-order valence-corrected chi connectivity index (χ0v) is 15.0. The first-order valence-corrected chi connectivity index (χ1v) is 8.93. The van der Waals surface area contributed by atoms with E-state index in [1.807, 2.05) is 43.3 Å². The minimum absolute atomic E-state index is 0.665. The molecule has 5 nitrogen and oxygen atoms in total. The highest BCUT2D eigenvalue weighted by Gasteiger charge is 2.01. The second kappa shape index (κ2) is 9.42. The first-order valence-electron chi connectivity index (χ1n) is 8.93. The molecule has 0 atom stereocenters. The second-order valence-corrected chi connectivity index (χ2v) is 5.89. The number of hydrogen-bond acceptors (Lipinski definition) is 5. The maximum absolute atomic E-state index is 5.45. The molecule has 0 saturated heterocycles. The summed E-state index contributed by atoms with van der Waals surface area (Å²) < 4.78 is 5.45. The predicted octanol–water partition coefficient (Wildman–Crippen LogP) is 4.66. The Morgan fingerprint density at radius 2 is 1.69 bits per heavy atom. The number of hydrogen-bond donors (Lipinski definition) is 2. The predicted molar refractivity (Wildman–Crippen MR) is 106 cm³/mol. The molecule has 0 radical (unpaired) electrons. The van der Waals surface area contributed by atoms with Gasteiger partial charge in [-0.3, -0.25) is 0 Å². The summed E-state index contributed by atoms with van der Waals surface area (Å²) in [6.45, 7) is 3.51. The third kappa shape index (κ3) is 5.48. The Bertz CT molecular complexity index is 791. The van der Waals surface area contributed by atoms with Crippen LogP contribution in [0.4, 0.5) is 17.3 Å². The van der Waals surface area contributed by atoms with E-state index in [9.17, 15) is 0 Å². The van der Waals surface area contributed by atoms with Crippen molar-refractivity contribution in [2.75, 3.05) is 23.8 Å². The molecule has 3 aromatic rings. The van der Waals surface area contributed by atoms with Gasteiger partial charge < -0.3 is 15.4 Å². The number of benzene rings is 2. The smallest absolute Gasteiger partial charge is 0.135 e. The van der Waals surface area contributed by atoms with Crippen LogP contribution >= 0.6 is 0 Å². The molecule has 0 saturated carbocycles. The summed E-state index contributed by atoms with van der Waals surface area (Å²) in [5.41, 5.74) is 2.32. The molecule has 134 valence electrons. The van der Waals surface area contributed by atoms with Crippen LogP contribution in [0.25, 0.3) is 0 Å². The molecule has 0 aliphatic carbocycles. The lowest BCUT2D eigenvalue weighted by molar-refractivity contribution is 0.340. The van der Waals surface area contributed by atoms with Crippen LogP contribution in [0.5, 0.6) is 5.75 Å². The number of rotatable bonds is 9. The summed E-state index contributed by atoms with van der Waals surface area (Å²) in [6, 6.07) is 20.2. The van der Waals surface area contributed by atoms with Gasteiger partial charge in [0.15, 0.2) is 0 Å². The molecule has 2 aromatic carbocycles. The van der Waals surface area contributed by atoms with Crippen molar-refractivity contribution in [2.24, 2.45) is 0 Å². The Balaban J connectivity index is 1.49. The van der Waals surface area contributed by atoms with Crippen LogP contribution in [0.15, 0.2) is 67.0 Å². The highest BCUT2D eigenvalue weighted by atomic mass is 16.5. The second-order valence-electron chi connectivity index (χ2n) is 5.89. The summed E-state index contributed by atoms with van der Waals surface area (Å²) in [6.07, 6.45) is 3.67. The summed E-state index contributed by atoms with van der Waals surface area (Å²) in [4.78, 5) is 8.56. The van der Waals surface area contributed by atoms with Crippen molar-refractivity contribution < 1.29 is 4.74 Å². The minimum Gasteiger partial charge on any atom is -0.494 e. The van der Waals surface area contributed by atoms with E-state index in [0.717, 1.165) is 42.5 Å². The quantitative estimate of drug-likeness (QED) is 0.551. The number of nitrogens with one attached hydrogen (secondary N) is 2. The minimum atomic E-state index is 0.665. The Kier molecular flexibility index (Phi) is 6.42. The monoisotopic (exact) mass is 348 g/mol. The van der Waals surface area contributed by atoms with E-state index in [0.29, 0.717) is 6.61 Å². The van der Waals surface area contributed by atoms with Gasteiger partial charge in [0.2, 0.25) is 0 Å². The normalized spacial score (nSPS) is 10.3. The van der Waals surface area contributed by atoms with Crippen LogP contribution in [0.2, 0.25) is 0 Å². The van der Waals surface area contributed by atoms with Gasteiger partial charge in [-0.25, -0.2) is 9.97 Å². The molecule has 5 heteroatoms. The van der Waals surface area contributed by atoms with Gasteiger partial charge in [0.25, 0.3) is 0 Å². The first-order chi connectivity index (χ1) is 12.8. The average molecular weight is 348 g/mol. The van der Waals surface area contributed by atoms with Crippen molar-refractivity contribution in [3.8, 4) is 5.75 Å². The highest BCUT2D eigenvalue weighted by Crippen LogP contribution is 2.20. The first kappa shape index (κ1) is 17.7. The van der Waals surface area contributed by atoms with E-state index in [4.69, 9.17) is 4.74 Å². The molecule has 3 rings (SSSR count). The van der Waals surface area contributed by atoms with Crippen LogP contribution in [-0.4, -0.2) is 23.1 Å². The van der Waals surface area contributed by atoms with E-state index in [2.05, 4.69) is 44.9 Å². The summed E-state index contributed by atoms with van der Waals surface area (Å²) >= 11 is 0. The molecule has 0 spiro atoms. The number of ether oxygens (including phenoxy) is 1. The molecular weight excluding hydrogens is 324 g/mol. The van der Waals surface area contributed by atoms with Gasteiger partial charge in [0.1, 0.15) is 23.7 Å². The molecule has 2 N–H and O–H groups in total. The van der Waals surface area contributed by atoms with Gasteiger partial charge in [-0.2, -0.15) is 0 Å². The van der Waals surface area contributed by atoms with Crippen LogP contribution in [-0.2, 0) is 6.42 Å². The fraction of sp³-hybridized carbons (Fsp3) is 0.238. The van der Waals surface area contributed by atoms with Crippen LogP contribution in [0.1, 0.15) is 18.9 Å². The lowest BCUT2D eigenvalue weighted by atomic mass is 10.1. The van der Waals surface area contributed by atoms with E-state index < -0.39 is 0 Å². The molecular formula is C21H24N4O. The third-order valence-electron chi connectivity index (χ3n) is 3.90. The third-order valence-corrected chi connectivity index (χ3v) is 3.90. The van der Waals surface area contributed by atoms with Gasteiger partial charge in [-0.1, -0.05) is 30.3 Å². The van der Waals surface area contributed by atoms with E-state index in [1.165, 1.54) is 5.56 Å². The fourth-order valence-electron chi connectivity index (χ4n) is 2.63. The Labute approximate surface area is 154 Å². The lowest BCUT2D eigenvalue weighted by Gasteiger charge is -2.09. The van der Waals surface area contributed by atoms with Crippen molar-refractivity contribution in [1.82, 2.24) is 9.97 Å². The molecule has 0 aliphatic heterocycles. The maximum Gasteiger partial charge on any atom is 0.135 e. The number of aromatic nitrogens is 2. The van der Waals surface area contributed by atoms with Gasteiger partial charge in [0.05, 0.1) is 6.61 Å². The zero-order chi connectivity index (χ0) is 18.0. The average Bonchev–Trinajstić information content (AvgIpc) is 2.68. The van der Waals surface area contributed by atoms with Gasteiger partial charge in [-0.05, 0) is 49.6 Å². The SMILES string of the molecule is CCOc1ccc(Nc2cc(NCCCc3ccccc3)ncn2)cc1. The van der Waals surface area contributed by atoms with Crippen LogP contribution in [0.3, 0.4) is 0 Å². The molecule has 1 heterocycles. The highest BCUT2D eigenvalue weighted by molar-refractivity contribution is 5.59. The molecule has 0 amide bonds. The number of nitrogens with zero attached hydrogens (tertiary/aromatic N) is 2. The maximum atomic E-state index is 5.45. The molecule has 0 bridgehead atoms. The largest absolute Gasteiger partial charge is 0.494 e. The standard InChI is InChI=1S/C21H24N4O/c1-2-26-19-12-10-18(11-13-19)25-21-15-20(23-16-24-21)22-14-6-9-17-7-4-3-5-8-17/h3-5,7-8,10-13,15-16H,2,6,9,14H2,1H3,(H2,22,23,24,25). The van der Waals surface area contributed by atoms with Crippen molar-refractivity contribution in [3.05, 3.63) is 72.6 Å². The summed E-state index contributed by atoms with van der Waals surface area (Å²) in [7, 11) is 0. The van der Waals surface area contributed by atoms with Crippen molar-refractivity contribution >= 4 is 17.3 Å². The Morgan fingerprint density at radius 3 is 2.46 bits per heavy atom. The van der Waals surface area contributed by atoms with E-state index in [1.54, 1.807) is 6.33 Å². The van der Waals surface area contributed by atoms with Crippen molar-refractivity contribution in [3.63, 3.8) is 0 Å². The Morgan fingerprint density at radius 1 is 0.923 bits per heavy atom. The van der Waals surface area contributed by atoms with Crippen molar-refractivity contribution in [1.29, 1.82) is 0 Å². The summed E-state index contributed by atoms with van der Waals surface area (Å²) in [5.74, 6) is 2.44. The van der Waals surface area contributed by atoms with E-state index >= 15 is 0 Å². The van der Waals surface area contributed by atoms with Gasteiger partial charge in [0, 0.05) is 18.3 Å². The fourth-order valence-corrected chi connectivity index (χ4v) is 2.63. The van der Waals surface area contributed by atoms with Gasteiger partial charge in [-0.15, -0.1) is 0 Å². The molecule has 26 heavy (non-hydrogen) atoms.